The molecule has 1 rings (SSSR count). The van der Waals surface area contributed by atoms with Gasteiger partial charge in [0, 0.05) is 12.1 Å². The summed E-state index contributed by atoms with van der Waals surface area (Å²) in [7, 11) is 0. The molecule has 172 valence electrons. The van der Waals surface area contributed by atoms with Crippen LogP contribution in [0.1, 0.15) is 110 Å². The number of benzene rings is 1. The van der Waals surface area contributed by atoms with E-state index in [9.17, 15) is 4.79 Å². The summed E-state index contributed by atoms with van der Waals surface area (Å²) in [6.07, 6.45) is 20.4. The van der Waals surface area contributed by atoms with Crippen LogP contribution in [0.4, 0.5) is 5.69 Å². The Bertz CT molecular complexity index is 516. The normalized spacial score (nSPS) is 10.8. The lowest BCUT2D eigenvalue weighted by Gasteiger charge is -2.07. The standard InChI is InChI=1S/C26H45NO3/c1-2-3-4-5-6-7-8-9-10-11-12-13-14-15-16-17-26(28)30-23-22-29-25-20-18-24(27)19-21-25/h18-21H,2-17,22-23,27H2,1H3. The van der Waals surface area contributed by atoms with Gasteiger partial charge in [0.05, 0.1) is 0 Å². The second kappa shape index (κ2) is 19.3. The van der Waals surface area contributed by atoms with E-state index in [0.29, 0.717) is 25.3 Å². The molecule has 0 aromatic heterocycles. The molecule has 0 spiro atoms. The number of anilines is 1. The van der Waals surface area contributed by atoms with Crippen LogP contribution in [0.3, 0.4) is 0 Å². The van der Waals surface area contributed by atoms with E-state index < -0.39 is 0 Å². The van der Waals surface area contributed by atoms with Gasteiger partial charge < -0.3 is 15.2 Å². The van der Waals surface area contributed by atoms with E-state index in [1.807, 2.05) is 12.1 Å². The van der Waals surface area contributed by atoms with Crippen LogP contribution in [0.5, 0.6) is 5.75 Å². The summed E-state index contributed by atoms with van der Waals surface area (Å²) in [5.74, 6) is 0.619. The van der Waals surface area contributed by atoms with E-state index in [1.54, 1.807) is 12.1 Å². The maximum absolute atomic E-state index is 11.7. The highest BCUT2D eigenvalue weighted by Crippen LogP contribution is 2.14. The van der Waals surface area contributed by atoms with Gasteiger partial charge in [0.1, 0.15) is 19.0 Å². The Labute approximate surface area is 184 Å². The van der Waals surface area contributed by atoms with Gasteiger partial charge in [0.15, 0.2) is 0 Å². The summed E-state index contributed by atoms with van der Waals surface area (Å²) in [5, 5.41) is 0. The van der Waals surface area contributed by atoms with Crippen molar-refractivity contribution in [2.75, 3.05) is 18.9 Å². The number of hydrogen-bond donors (Lipinski definition) is 1. The molecule has 0 radical (unpaired) electrons. The van der Waals surface area contributed by atoms with E-state index >= 15 is 0 Å². The fourth-order valence-electron chi connectivity index (χ4n) is 3.59. The molecule has 4 nitrogen and oxygen atoms in total. The minimum atomic E-state index is -0.120. The summed E-state index contributed by atoms with van der Waals surface area (Å²) in [6, 6.07) is 7.20. The summed E-state index contributed by atoms with van der Waals surface area (Å²) >= 11 is 0. The van der Waals surface area contributed by atoms with E-state index in [4.69, 9.17) is 15.2 Å². The average Bonchev–Trinajstić information content (AvgIpc) is 2.75. The Morgan fingerprint density at radius 1 is 0.700 bits per heavy atom. The molecule has 0 unspecified atom stereocenters. The molecule has 0 aliphatic rings. The lowest BCUT2D eigenvalue weighted by Crippen LogP contribution is -2.12. The third-order valence-corrected chi connectivity index (χ3v) is 5.48. The lowest BCUT2D eigenvalue weighted by atomic mass is 10.0. The summed E-state index contributed by atoms with van der Waals surface area (Å²) in [5.41, 5.74) is 6.33. The Morgan fingerprint density at radius 2 is 1.17 bits per heavy atom. The van der Waals surface area contributed by atoms with Crippen molar-refractivity contribution < 1.29 is 14.3 Å². The third-order valence-electron chi connectivity index (χ3n) is 5.48. The van der Waals surface area contributed by atoms with Gasteiger partial charge in [-0.1, -0.05) is 96.8 Å². The lowest BCUT2D eigenvalue weighted by molar-refractivity contribution is -0.144. The van der Waals surface area contributed by atoms with Crippen molar-refractivity contribution in [3.05, 3.63) is 24.3 Å². The van der Waals surface area contributed by atoms with Crippen molar-refractivity contribution in [1.29, 1.82) is 0 Å². The molecular formula is C26H45NO3. The van der Waals surface area contributed by atoms with Gasteiger partial charge in [-0.2, -0.15) is 0 Å². The topological polar surface area (TPSA) is 61.5 Å². The fraction of sp³-hybridized carbons (Fsp3) is 0.731. The van der Waals surface area contributed by atoms with Gasteiger partial charge in [-0.05, 0) is 30.7 Å². The molecule has 0 bridgehead atoms. The van der Waals surface area contributed by atoms with Gasteiger partial charge in [-0.15, -0.1) is 0 Å². The van der Waals surface area contributed by atoms with Crippen LogP contribution in [0.2, 0.25) is 0 Å². The molecule has 0 aliphatic carbocycles. The van der Waals surface area contributed by atoms with Crippen molar-refractivity contribution in [2.24, 2.45) is 0 Å². The van der Waals surface area contributed by atoms with Gasteiger partial charge >= 0.3 is 5.97 Å². The zero-order valence-corrected chi connectivity index (χ0v) is 19.3. The number of rotatable bonds is 20. The molecule has 1 aromatic rings. The minimum absolute atomic E-state index is 0.120. The third kappa shape index (κ3) is 16.1. The molecule has 4 heteroatoms. The predicted molar refractivity (Wildman–Crippen MR) is 127 cm³/mol. The fourth-order valence-corrected chi connectivity index (χ4v) is 3.59. The number of nitrogens with two attached hydrogens (primary N) is 1. The molecule has 0 saturated carbocycles. The average molecular weight is 420 g/mol. The smallest absolute Gasteiger partial charge is 0.305 e. The number of unbranched alkanes of at least 4 members (excludes halogenated alkanes) is 14. The molecule has 0 aliphatic heterocycles. The molecule has 0 fully saturated rings. The number of hydrogen-bond acceptors (Lipinski definition) is 4. The van der Waals surface area contributed by atoms with Crippen molar-refractivity contribution in [3.8, 4) is 5.75 Å². The van der Waals surface area contributed by atoms with Crippen LogP contribution in [0, 0.1) is 0 Å². The van der Waals surface area contributed by atoms with Crippen molar-refractivity contribution in [2.45, 2.75) is 110 Å². The van der Waals surface area contributed by atoms with Crippen LogP contribution in [0.25, 0.3) is 0 Å². The van der Waals surface area contributed by atoms with Gasteiger partial charge in [-0.25, -0.2) is 0 Å². The van der Waals surface area contributed by atoms with Crippen molar-refractivity contribution >= 4 is 11.7 Å². The number of carbonyl (C=O) groups excluding carboxylic acids is 1. The Morgan fingerprint density at radius 3 is 1.67 bits per heavy atom. The summed E-state index contributed by atoms with van der Waals surface area (Å²) < 4.78 is 10.7. The Hall–Kier alpha value is -1.71. The largest absolute Gasteiger partial charge is 0.490 e. The van der Waals surface area contributed by atoms with Crippen molar-refractivity contribution in [3.63, 3.8) is 0 Å². The molecule has 1 aromatic carbocycles. The number of ether oxygens (including phenoxy) is 2. The van der Waals surface area contributed by atoms with Crippen molar-refractivity contribution in [1.82, 2.24) is 0 Å². The first-order chi connectivity index (χ1) is 14.7. The van der Waals surface area contributed by atoms with Gasteiger partial charge in [-0.3, -0.25) is 4.79 Å². The highest BCUT2D eigenvalue weighted by molar-refractivity contribution is 5.69. The highest BCUT2D eigenvalue weighted by atomic mass is 16.6. The second-order valence-corrected chi connectivity index (χ2v) is 8.34. The first-order valence-electron chi connectivity index (χ1n) is 12.4. The zero-order chi connectivity index (χ0) is 21.7. The van der Waals surface area contributed by atoms with E-state index in [1.165, 1.54) is 83.5 Å². The highest BCUT2D eigenvalue weighted by Gasteiger charge is 2.03. The maximum atomic E-state index is 11.7. The zero-order valence-electron chi connectivity index (χ0n) is 19.3. The molecule has 0 saturated heterocycles. The molecule has 0 atom stereocenters. The van der Waals surface area contributed by atoms with E-state index in [0.717, 1.165) is 18.6 Å². The van der Waals surface area contributed by atoms with E-state index in [2.05, 4.69) is 6.92 Å². The summed E-state index contributed by atoms with van der Waals surface area (Å²) in [4.78, 5) is 11.7. The quantitative estimate of drug-likeness (QED) is 0.135. The maximum Gasteiger partial charge on any atom is 0.305 e. The number of esters is 1. The molecule has 2 N–H and O–H groups in total. The predicted octanol–water partition coefficient (Wildman–Crippen LogP) is 7.45. The van der Waals surface area contributed by atoms with Crippen LogP contribution in [-0.4, -0.2) is 19.2 Å². The monoisotopic (exact) mass is 419 g/mol. The van der Waals surface area contributed by atoms with Gasteiger partial charge in [0.25, 0.3) is 0 Å². The Kier molecular flexibility index (Phi) is 16.9. The van der Waals surface area contributed by atoms with Crippen LogP contribution in [0.15, 0.2) is 24.3 Å². The number of carbonyl (C=O) groups is 1. The molecule has 0 heterocycles. The first kappa shape index (κ1) is 26.3. The second-order valence-electron chi connectivity index (χ2n) is 8.34. The van der Waals surface area contributed by atoms with Gasteiger partial charge in [0.2, 0.25) is 0 Å². The molecular weight excluding hydrogens is 374 g/mol. The van der Waals surface area contributed by atoms with E-state index in [-0.39, 0.29) is 5.97 Å². The molecule has 0 amide bonds. The Balaban J connectivity index is 1.78. The SMILES string of the molecule is CCCCCCCCCCCCCCCCCC(=O)OCCOc1ccc(N)cc1. The van der Waals surface area contributed by atoms with Crippen LogP contribution < -0.4 is 10.5 Å². The summed E-state index contributed by atoms with van der Waals surface area (Å²) in [6.45, 7) is 2.94. The first-order valence-corrected chi connectivity index (χ1v) is 12.4. The number of nitrogen functional groups attached to an aromatic ring is 1. The van der Waals surface area contributed by atoms with Crippen LogP contribution in [-0.2, 0) is 9.53 Å². The minimum Gasteiger partial charge on any atom is -0.490 e. The van der Waals surface area contributed by atoms with Crippen LogP contribution >= 0.6 is 0 Å². The molecule has 30 heavy (non-hydrogen) atoms.